The molecule has 1 heterocycles. The molecule has 0 aromatic carbocycles. The highest BCUT2D eigenvalue weighted by Crippen LogP contribution is 2.28. The molecule has 1 aliphatic heterocycles. The maximum Gasteiger partial charge on any atom is 0.225 e. The van der Waals surface area contributed by atoms with E-state index in [0.29, 0.717) is 11.9 Å². The molecule has 2 aliphatic carbocycles. The lowest BCUT2D eigenvalue weighted by Crippen LogP contribution is -2.47. The molecule has 3 fully saturated rings. The van der Waals surface area contributed by atoms with Crippen LogP contribution in [0.25, 0.3) is 0 Å². The number of nitrogens with zero attached hydrogens (tertiary/aromatic N) is 2. The van der Waals surface area contributed by atoms with E-state index in [1.807, 2.05) is 18.8 Å². The van der Waals surface area contributed by atoms with Gasteiger partial charge in [-0.1, -0.05) is 0 Å². The average Bonchev–Trinajstić information content (AvgIpc) is 3.52. The summed E-state index contributed by atoms with van der Waals surface area (Å²) in [6.07, 6.45) is 6.72. The fourth-order valence-corrected chi connectivity index (χ4v) is 4.59. The van der Waals surface area contributed by atoms with Gasteiger partial charge in [-0.2, -0.15) is 11.8 Å². The van der Waals surface area contributed by atoms with E-state index in [-0.39, 0.29) is 5.92 Å². The zero-order chi connectivity index (χ0) is 18.2. The van der Waals surface area contributed by atoms with E-state index in [1.54, 1.807) is 0 Å². The van der Waals surface area contributed by atoms with Gasteiger partial charge in [0.2, 0.25) is 5.91 Å². The van der Waals surface area contributed by atoms with Crippen LogP contribution in [0.15, 0.2) is 4.99 Å². The van der Waals surface area contributed by atoms with Crippen LogP contribution in [0.2, 0.25) is 0 Å². The second-order valence-corrected chi connectivity index (χ2v) is 8.87. The van der Waals surface area contributed by atoms with Crippen LogP contribution in [0.4, 0.5) is 0 Å². The first-order chi connectivity index (χ1) is 12.8. The van der Waals surface area contributed by atoms with Gasteiger partial charge in [-0.3, -0.25) is 9.79 Å². The zero-order valence-electron chi connectivity index (χ0n) is 16.0. The normalized spacial score (nSPS) is 27.3. The van der Waals surface area contributed by atoms with E-state index in [9.17, 15) is 4.79 Å². The Morgan fingerprint density at radius 3 is 2.54 bits per heavy atom. The molecular formula is C19H34N4O2S. The van der Waals surface area contributed by atoms with Gasteiger partial charge in [-0.25, -0.2) is 0 Å². The van der Waals surface area contributed by atoms with Crippen molar-refractivity contribution in [3.8, 4) is 0 Å². The number of nitrogens with one attached hydrogen (secondary N) is 2. The van der Waals surface area contributed by atoms with Crippen LogP contribution in [-0.4, -0.2) is 74.2 Å². The SMILES string of the molecule is CN=C(NCCOCC1CC1)NC1CCC(C(=O)N2CCSCC2)CC1. The number of carbonyl (C=O) groups is 1. The molecule has 6 nitrogen and oxygen atoms in total. The van der Waals surface area contributed by atoms with Gasteiger partial charge in [0.05, 0.1) is 6.61 Å². The summed E-state index contributed by atoms with van der Waals surface area (Å²) in [5.41, 5.74) is 0. The van der Waals surface area contributed by atoms with E-state index in [4.69, 9.17) is 4.74 Å². The second-order valence-electron chi connectivity index (χ2n) is 7.65. The quantitative estimate of drug-likeness (QED) is 0.399. The Morgan fingerprint density at radius 1 is 1.15 bits per heavy atom. The van der Waals surface area contributed by atoms with Crippen LogP contribution < -0.4 is 10.6 Å². The van der Waals surface area contributed by atoms with Crippen molar-refractivity contribution >= 4 is 23.6 Å². The molecule has 148 valence electrons. The minimum Gasteiger partial charge on any atom is -0.379 e. The summed E-state index contributed by atoms with van der Waals surface area (Å²) in [5.74, 6) is 4.46. The Bertz CT molecular complexity index is 470. The van der Waals surface area contributed by atoms with Crippen molar-refractivity contribution in [1.82, 2.24) is 15.5 Å². The lowest BCUT2D eigenvalue weighted by molar-refractivity contribution is -0.136. The fraction of sp³-hybridized carbons (Fsp3) is 0.895. The second kappa shape index (κ2) is 10.4. The molecule has 0 aromatic rings. The van der Waals surface area contributed by atoms with Gasteiger partial charge in [0.25, 0.3) is 0 Å². The van der Waals surface area contributed by atoms with Crippen molar-refractivity contribution < 1.29 is 9.53 Å². The lowest BCUT2D eigenvalue weighted by atomic mass is 9.85. The van der Waals surface area contributed by atoms with E-state index >= 15 is 0 Å². The molecule has 1 saturated heterocycles. The van der Waals surface area contributed by atoms with E-state index < -0.39 is 0 Å². The molecule has 0 aromatic heterocycles. The molecule has 0 bridgehead atoms. The third-order valence-corrected chi connectivity index (χ3v) is 6.50. The minimum absolute atomic E-state index is 0.224. The van der Waals surface area contributed by atoms with Crippen molar-refractivity contribution in [3.63, 3.8) is 0 Å². The van der Waals surface area contributed by atoms with Crippen LogP contribution in [0.1, 0.15) is 38.5 Å². The van der Waals surface area contributed by atoms with Gasteiger partial charge in [0, 0.05) is 56.8 Å². The molecule has 26 heavy (non-hydrogen) atoms. The van der Waals surface area contributed by atoms with Crippen molar-refractivity contribution in [3.05, 3.63) is 0 Å². The number of rotatable bonds is 7. The first-order valence-corrected chi connectivity index (χ1v) is 11.3. The third kappa shape index (κ3) is 6.34. The van der Waals surface area contributed by atoms with Gasteiger partial charge < -0.3 is 20.3 Å². The fourth-order valence-electron chi connectivity index (χ4n) is 3.69. The Hall–Kier alpha value is -0.950. The molecule has 0 radical (unpaired) electrons. The summed E-state index contributed by atoms with van der Waals surface area (Å²) in [6.45, 7) is 4.28. The van der Waals surface area contributed by atoms with Crippen LogP contribution in [0.5, 0.6) is 0 Å². The summed E-state index contributed by atoms with van der Waals surface area (Å²) < 4.78 is 5.65. The number of amides is 1. The average molecular weight is 383 g/mol. The van der Waals surface area contributed by atoms with Crippen LogP contribution in [-0.2, 0) is 9.53 Å². The highest BCUT2D eigenvalue weighted by atomic mass is 32.2. The van der Waals surface area contributed by atoms with Crippen molar-refractivity contribution in [2.24, 2.45) is 16.8 Å². The molecule has 3 aliphatic rings. The third-order valence-electron chi connectivity index (χ3n) is 5.55. The molecular weight excluding hydrogens is 348 g/mol. The predicted octanol–water partition coefficient (Wildman–Crippen LogP) is 1.71. The smallest absolute Gasteiger partial charge is 0.225 e. The summed E-state index contributed by atoms with van der Waals surface area (Å²) in [4.78, 5) is 19.0. The Balaban J connectivity index is 1.30. The molecule has 7 heteroatoms. The number of thioether (sulfide) groups is 1. The van der Waals surface area contributed by atoms with Gasteiger partial charge in [0.1, 0.15) is 0 Å². The molecule has 1 amide bonds. The van der Waals surface area contributed by atoms with Crippen LogP contribution in [0.3, 0.4) is 0 Å². The van der Waals surface area contributed by atoms with Crippen molar-refractivity contribution in [2.75, 3.05) is 51.4 Å². The van der Waals surface area contributed by atoms with Crippen LogP contribution in [0, 0.1) is 11.8 Å². The highest BCUT2D eigenvalue weighted by molar-refractivity contribution is 7.99. The number of ether oxygens (including phenoxy) is 1. The van der Waals surface area contributed by atoms with Crippen molar-refractivity contribution in [2.45, 2.75) is 44.6 Å². The topological polar surface area (TPSA) is 66.0 Å². The maximum atomic E-state index is 12.6. The molecule has 2 N–H and O–H groups in total. The monoisotopic (exact) mass is 382 g/mol. The van der Waals surface area contributed by atoms with Gasteiger partial charge in [-0.15, -0.1) is 0 Å². The first-order valence-electron chi connectivity index (χ1n) is 10.2. The lowest BCUT2D eigenvalue weighted by Gasteiger charge is -2.34. The zero-order valence-corrected chi connectivity index (χ0v) is 16.9. The van der Waals surface area contributed by atoms with Crippen LogP contribution >= 0.6 is 11.8 Å². The molecule has 3 rings (SSSR count). The number of carbonyl (C=O) groups excluding carboxylic acids is 1. The number of hydrogen-bond acceptors (Lipinski definition) is 4. The van der Waals surface area contributed by atoms with Crippen molar-refractivity contribution in [1.29, 1.82) is 0 Å². The molecule has 0 spiro atoms. The number of guanidine groups is 1. The highest BCUT2D eigenvalue weighted by Gasteiger charge is 2.30. The maximum absolute atomic E-state index is 12.6. The largest absolute Gasteiger partial charge is 0.379 e. The number of hydrogen-bond donors (Lipinski definition) is 2. The number of aliphatic imine (C=N–C) groups is 1. The van der Waals surface area contributed by atoms with E-state index in [2.05, 4.69) is 20.5 Å². The standard InChI is InChI=1S/C19H34N4O2S/c1-20-19(21-8-11-25-14-15-2-3-15)22-17-6-4-16(5-7-17)18(24)23-9-12-26-13-10-23/h15-17H,2-14H2,1H3,(H2,20,21,22). The predicted molar refractivity (Wildman–Crippen MR) is 108 cm³/mol. The summed E-state index contributed by atoms with van der Waals surface area (Å²) in [7, 11) is 1.81. The summed E-state index contributed by atoms with van der Waals surface area (Å²) in [6, 6.07) is 0.412. The van der Waals surface area contributed by atoms with E-state index in [0.717, 1.165) is 81.9 Å². The Labute approximate surface area is 161 Å². The van der Waals surface area contributed by atoms with Gasteiger partial charge >= 0.3 is 0 Å². The molecule has 0 unspecified atom stereocenters. The Morgan fingerprint density at radius 2 is 1.88 bits per heavy atom. The molecule has 0 atom stereocenters. The minimum atomic E-state index is 0.224. The summed E-state index contributed by atoms with van der Waals surface area (Å²) in [5, 5.41) is 6.84. The van der Waals surface area contributed by atoms with E-state index in [1.165, 1.54) is 12.8 Å². The summed E-state index contributed by atoms with van der Waals surface area (Å²) >= 11 is 1.95. The molecule has 2 saturated carbocycles. The Kier molecular flexibility index (Phi) is 7.92. The first kappa shape index (κ1) is 19.8. The van der Waals surface area contributed by atoms with Gasteiger partial charge in [-0.05, 0) is 44.4 Å². The van der Waals surface area contributed by atoms with Gasteiger partial charge in [0.15, 0.2) is 5.96 Å².